The molecule has 1 amide bonds. The van der Waals surface area contributed by atoms with E-state index in [-0.39, 0.29) is 18.9 Å². The molecule has 2 heterocycles. The van der Waals surface area contributed by atoms with E-state index in [1.54, 1.807) is 0 Å². The molecule has 1 N–H and O–H groups in total. The first-order valence-electron chi connectivity index (χ1n) is 11.4. The third-order valence-corrected chi connectivity index (χ3v) is 6.77. The normalized spacial score (nSPS) is 17.2. The number of esters is 1. The highest BCUT2D eigenvalue weighted by Crippen LogP contribution is 2.45. The maximum absolute atomic E-state index is 13.5. The predicted molar refractivity (Wildman–Crippen MR) is 136 cm³/mol. The molecule has 1 unspecified atom stereocenters. The second-order valence-electron chi connectivity index (χ2n) is 8.45. The molecule has 2 aliphatic heterocycles. The molecule has 1 atom stereocenters. The average molecular weight is 476 g/mol. The summed E-state index contributed by atoms with van der Waals surface area (Å²) in [5, 5.41) is 5.59. The fraction of sp³-hybridized carbons (Fsp3) is 0.296. The number of hydrogen-bond acceptors (Lipinski definition) is 6. The number of allylic oxidation sites excluding steroid dienone is 1. The van der Waals surface area contributed by atoms with Crippen molar-refractivity contribution in [1.82, 2.24) is 10.2 Å². The second kappa shape index (κ2) is 10.3. The van der Waals surface area contributed by atoms with Crippen molar-refractivity contribution in [2.24, 2.45) is 4.99 Å². The van der Waals surface area contributed by atoms with E-state index in [1.165, 1.54) is 11.8 Å². The fourth-order valence-electron chi connectivity index (χ4n) is 4.20. The van der Waals surface area contributed by atoms with Crippen LogP contribution in [0, 0.1) is 13.8 Å². The van der Waals surface area contributed by atoms with Crippen LogP contribution >= 0.6 is 11.8 Å². The van der Waals surface area contributed by atoms with Gasteiger partial charge < -0.3 is 15.0 Å². The summed E-state index contributed by atoms with van der Waals surface area (Å²) in [7, 11) is 0. The summed E-state index contributed by atoms with van der Waals surface area (Å²) in [5.74, 6) is -0.459. The van der Waals surface area contributed by atoms with E-state index in [2.05, 4.69) is 23.5 Å². The molecule has 0 spiro atoms. The Balaban J connectivity index is 1.73. The Morgan fingerprint density at radius 1 is 1.12 bits per heavy atom. The van der Waals surface area contributed by atoms with E-state index in [9.17, 15) is 9.59 Å². The minimum absolute atomic E-state index is 0.0604. The molecule has 7 heteroatoms. The summed E-state index contributed by atoms with van der Waals surface area (Å²) < 4.78 is 5.76. The number of carbonyl (C=O) groups excluding carboxylic acids is 2. The molecule has 2 aromatic rings. The molecule has 0 aromatic heterocycles. The zero-order valence-electron chi connectivity index (χ0n) is 19.9. The van der Waals surface area contributed by atoms with Crippen molar-refractivity contribution in [3.63, 3.8) is 0 Å². The van der Waals surface area contributed by atoms with Crippen LogP contribution in [0.3, 0.4) is 0 Å². The van der Waals surface area contributed by atoms with Crippen LogP contribution in [0.4, 0.5) is 0 Å². The molecule has 176 valence electrons. The maximum Gasteiger partial charge on any atom is 0.338 e. The molecule has 0 saturated heterocycles. The zero-order chi connectivity index (χ0) is 24.2. The molecule has 0 aliphatic carbocycles. The van der Waals surface area contributed by atoms with Gasteiger partial charge in [0.05, 0.1) is 23.7 Å². The molecular weight excluding hydrogens is 446 g/mol. The first-order chi connectivity index (χ1) is 16.4. The van der Waals surface area contributed by atoms with Crippen LogP contribution in [0.15, 0.2) is 75.9 Å². The van der Waals surface area contributed by atoms with Crippen LogP contribution in [-0.2, 0) is 20.9 Å². The Hall–Kier alpha value is -3.32. The largest absolute Gasteiger partial charge is 0.457 e. The van der Waals surface area contributed by atoms with Gasteiger partial charge in [-0.15, -0.1) is 0 Å². The third kappa shape index (κ3) is 4.94. The number of aliphatic imine (C=N–C) groups is 1. The van der Waals surface area contributed by atoms with Crippen LogP contribution in [0.1, 0.15) is 48.6 Å². The number of nitrogens with zero attached hydrogens (tertiary/aromatic N) is 2. The summed E-state index contributed by atoms with van der Waals surface area (Å²) in [6, 6.07) is 15.4. The van der Waals surface area contributed by atoms with Gasteiger partial charge in [-0.05, 0) is 49.8 Å². The van der Waals surface area contributed by atoms with E-state index >= 15 is 0 Å². The van der Waals surface area contributed by atoms with Gasteiger partial charge in [-0.3, -0.25) is 4.79 Å². The van der Waals surface area contributed by atoms with E-state index in [0.717, 1.165) is 33.1 Å². The number of amidine groups is 1. The van der Waals surface area contributed by atoms with Crippen molar-refractivity contribution in [1.29, 1.82) is 0 Å². The Bertz CT molecular complexity index is 1200. The van der Waals surface area contributed by atoms with Crippen molar-refractivity contribution < 1.29 is 14.3 Å². The van der Waals surface area contributed by atoms with Crippen molar-refractivity contribution in [3.05, 3.63) is 93.2 Å². The Morgan fingerprint density at radius 2 is 1.88 bits per heavy atom. The quantitative estimate of drug-likeness (QED) is 0.561. The smallest absolute Gasteiger partial charge is 0.338 e. The molecule has 0 fully saturated rings. The lowest BCUT2D eigenvalue weighted by Gasteiger charge is -2.37. The molecule has 34 heavy (non-hydrogen) atoms. The summed E-state index contributed by atoms with van der Waals surface area (Å²) in [6.45, 7) is 8.58. The Labute approximate surface area is 204 Å². The predicted octanol–water partition coefficient (Wildman–Crippen LogP) is 5.15. The van der Waals surface area contributed by atoms with Crippen molar-refractivity contribution in [2.75, 3.05) is 6.54 Å². The lowest BCUT2D eigenvalue weighted by atomic mass is 9.90. The van der Waals surface area contributed by atoms with Gasteiger partial charge in [-0.1, -0.05) is 65.9 Å². The van der Waals surface area contributed by atoms with Gasteiger partial charge in [0.1, 0.15) is 6.61 Å². The van der Waals surface area contributed by atoms with Gasteiger partial charge in [0.2, 0.25) is 5.91 Å². The summed E-state index contributed by atoms with van der Waals surface area (Å²) in [6.07, 6.45) is 0.215. The monoisotopic (exact) mass is 475 g/mol. The molecule has 6 nitrogen and oxygen atoms in total. The lowest BCUT2D eigenvalue weighted by molar-refractivity contribution is -0.141. The molecule has 2 aliphatic rings. The van der Waals surface area contributed by atoms with Crippen molar-refractivity contribution in [3.8, 4) is 0 Å². The number of nitrogens with one attached hydrogen (secondary N) is 1. The lowest BCUT2D eigenvalue weighted by Crippen LogP contribution is -2.38. The van der Waals surface area contributed by atoms with Gasteiger partial charge in [-0.25, -0.2) is 9.79 Å². The van der Waals surface area contributed by atoms with Crippen LogP contribution < -0.4 is 5.32 Å². The number of hydrogen-bond donors (Lipinski definition) is 1. The Morgan fingerprint density at radius 3 is 2.62 bits per heavy atom. The van der Waals surface area contributed by atoms with Crippen LogP contribution in [0.25, 0.3) is 0 Å². The van der Waals surface area contributed by atoms with Gasteiger partial charge in [-0.2, -0.15) is 0 Å². The summed E-state index contributed by atoms with van der Waals surface area (Å²) in [4.78, 5) is 32.7. The number of amides is 1. The molecule has 0 saturated carbocycles. The van der Waals surface area contributed by atoms with Crippen LogP contribution in [0.2, 0.25) is 0 Å². The summed E-state index contributed by atoms with van der Waals surface area (Å²) >= 11 is 1.48. The van der Waals surface area contributed by atoms with Crippen LogP contribution in [0.5, 0.6) is 0 Å². The van der Waals surface area contributed by atoms with Gasteiger partial charge >= 0.3 is 5.97 Å². The molecule has 0 bridgehead atoms. The molecular formula is C27H29N3O3S. The number of benzene rings is 2. The highest BCUT2D eigenvalue weighted by Gasteiger charge is 2.41. The number of aryl methyl sites for hydroxylation is 2. The van der Waals surface area contributed by atoms with Crippen molar-refractivity contribution in [2.45, 2.75) is 46.8 Å². The molecule has 4 rings (SSSR count). The maximum atomic E-state index is 13.5. The minimum Gasteiger partial charge on any atom is -0.457 e. The second-order valence-corrected chi connectivity index (χ2v) is 9.28. The van der Waals surface area contributed by atoms with Gasteiger partial charge in [0, 0.05) is 12.2 Å². The first kappa shape index (κ1) is 23.8. The molecule has 2 aromatic carbocycles. The van der Waals surface area contributed by atoms with Gasteiger partial charge in [0.25, 0.3) is 0 Å². The van der Waals surface area contributed by atoms with E-state index < -0.39 is 12.0 Å². The minimum atomic E-state index is -0.425. The number of thioether (sulfide) groups is 1. The zero-order valence-corrected chi connectivity index (χ0v) is 20.7. The average Bonchev–Trinajstić information content (AvgIpc) is 3.21. The SMILES string of the molecule is CCNC(=O)CC1=CSC2=NC(C)=C(C(=O)OCc3ccccc3)C(c3cc(C)ccc3C)N12. The fourth-order valence-corrected chi connectivity index (χ4v) is 5.17. The number of ether oxygens (including phenoxy) is 1. The van der Waals surface area contributed by atoms with Crippen molar-refractivity contribution >= 4 is 28.8 Å². The standard InChI is InChI=1S/C27H29N3O3S/c1-5-28-23(31)14-21-16-34-27-29-19(4)24(26(32)33-15-20-9-7-6-8-10-20)25(30(21)27)22-13-17(2)11-12-18(22)3/h6-13,16,25H,5,14-15H2,1-4H3,(H,28,31). The highest BCUT2D eigenvalue weighted by atomic mass is 32.2. The first-order valence-corrected chi connectivity index (χ1v) is 12.3. The topological polar surface area (TPSA) is 71.0 Å². The highest BCUT2D eigenvalue weighted by molar-refractivity contribution is 8.16. The summed E-state index contributed by atoms with van der Waals surface area (Å²) in [5.41, 5.74) is 6.04. The van der Waals surface area contributed by atoms with Crippen LogP contribution in [-0.4, -0.2) is 28.5 Å². The molecule has 0 radical (unpaired) electrons. The Kier molecular flexibility index (Phi) is 7.22. The van der Waals surface area contributed by atoms with Gasteiger partial charge in [0.15, 0.2) is 5.17 Å². The van der Waals surface area contributed by atoms with E-state index in [1.807, 2.05) is 68.3 Å². The third-order valence-electron chi connectivity index (χ3n) is 5.88. The number of fused-ring (bicyclic) bond motifs is 1. The number of carbonyl (C=O) groups is 2. The number of rotatable bonds is 7. The van der Waals surface area contributed by atoms with E-state index in [4.69, 9.17) is 9.73 Å². The van der Waals surface area contributed by atoms with E-state index in [0.29, 0.717) is 17.8 Å².